The number of hydrogen-bond donors (Lipinski definition) is 1. The second kappa shape index (κ2) is 3.40. The van der Waals surface area contributed by atoms with E-state index in [1.165, 1.54) is 38.9 Å². The van der Waals surface area contributed by atoms with Crippen molar-refractivity contribution >= 4 is 22.7 Å². The lowest BCUT2D eigenvalue weighted by Gasteiger charge is -2.35. The van der Waals surface area contributed by atoms with E-state index >= 15 is 0 Å². The number of hydrogen-bond acceptors (Lipinski definition) is 4. The molecule has 0 amide bonds. The third kappa shape index (κ3) is 1.38. The molecule has 2 aromatic rings. The Hall–Kier alpha value is -0.710. The minimum Gasteiger partial charge on any atom is -0.319 e. The Bertz CT molecular complexity index is 578. The molecular weight excluding hydrogens is 248 g/mol. The number of fused-ring (bicyclic) bond motifs is 3. The minimum absolute atomic E-state index is 0.0990. The predicted molar refractivity (Wildman–Crippen MR) is 72.6 cm³/mol. The lowest BCUT2D eigenvalue weighted by molar-refractivity contribution is 0.253. The van der Waals surface area contributed by atoms with E-state index in [1.807, 2.05) is 22.7 Å². The van der Waals surface area contributed by atoms with Crippen LogP contribution in [-0.4, -0.2) is 4.98 Å². The van der Waals surface area contributed by atoms with Gasteiger partial charge in [0.25, 0.3) is 0 Å². The standard InChI is InChI=1S/C13H14N2S2/c14-13(5-1-6-13)12-15-11-8-4-7-16-9(8)2-3-10(11)17-12/h4,7H,1-3,5-6,14H2. The van der Waals surface area contributed by atoms with E-state index < -0.39 is 0 Å². The second-order valence-electron chi connectivity index (χ2n) is 5.06. The van der Waals surface area contributed by atoms with E-state index in [2.05, 4.69) is 11.4 Å². The predicted octanol–water partition coefficient (Wildman–Crippen LogP) is 3.31. The van der Waals surface area contributed by atoms with Gasteiger partial charge in [0.15, 0.2) is 0 Å². The number of rotatable bonds is 1. The van der Waals surface area contributed by atoms with Gasteiger partial charge < -0.3 is 5.73 Å². The van der Waals surface area contributed by atoms with Crippen LogP contribution in [0.5, 0.6) is 0 Å². The van der Waals surface area contributed by atoms with Crippen molar-refractivity contribution < 1.29 is 0 Å². The molecule has 1 fully saturated rings. The Labute approximate surface area is 109 Å². The van der Waals surface area contributed by atoms with E-state index in [-0.39, 0.29) is 5.54 Å². The van der Waals surface area contributed by atoms with Crippen LogP contribution in [0.15, 0.2) is 11.4 Å². The first-order valence-corrected chi connectivity index (χ1v) is 7.82. The van der Waals surface area contributed by atoms with Crippen LogP contribution in [0.2, 0.25) is 0 Å². The normalized spacial score (nSPS) is 20.5. The van der Waals surface area contributed by atoms with Gasteiger partial charge in [-0.1, -0.05) is 0 Å². The quantitative estimate of drug-likeness (QED) is 0.856. The fourth-order valence-corrected chi connectivity index (χ4v) is 4.80. The van der Waals surface area contributed by atoms with Crippen molar-refractivity contribution in [3.63, 3.8) is 0 Å². The summed E-state index contributed by atoms with van der Waals surface area (Å²) in [5.74, 6) is 0. The Morgan fingerprint density at radius 2 is 2.06 bits per heavy atom. The van der Waals surface area contributed by atoms with E-state index in [4.69, 9.17) is 10.7 Å². The Balaban J connectivity index is 1.85. The first-order chi connectivity index (χ1) is 8.26. The monoisotopic (exact) mass is 262 g/mol. The van der Waals surface area contributed by atoms with Crippen molar-refractivity contribution in [2.24, 2.45) is 5.73 Å². The number of thiophene rings is 1. The zero-order chi connectivity index (χ0) is 11.5. The second-order valence-corrected chi connectivity index (χ2v) is 7.14. The highest BCUT2D eigenvalue weighted by molar-refractivity contribution is 7.12. The number of nitrogens with two attached hydrogens (primary N) is 1. The fraction of sp³-hybridized carbons (Fsp3) is 0.462. The molecule has 0 spiro atoms. The van der Waals surface area contributed by atoms with Crippen LogP contribution < -0.4 is 5.73 Å². The SMILES string of the molecule is NC1(c2nc3c(s2)CCc2sccc2-3)CCC1. The Kier molecular flexibility index (Phi) is 2.05. The molecule has 17 heavy (non-hydrogen) atoms. The van der Waals surface area contributed by atoms with Crippen molar-refractivity contribution in [3.8, 4) is 11.3 Å². The summed E-state index contributed by atoms with van der Waals surface area (Å²) in [4.78, 5) is 7.80. The highest BCUT2D eigenvalue weighted by Crippen LogP contribution is 2.45. The van der Waals surface area contributed by atoms with Crippen molar-refractivity contribution in [2.45, 2.75) is 37.6 Å². The van der Waals surface area contributed by atoms with Gasteiger partial charge in [0, 0.05) is 15.3 Å². The molecule has 0 radical (unpaired) electrons. The van der Waals surface area contributed by atoms with Gasteiger partial charge in [0.2, 0.25) is 0 Å². The smallest absolute Gasteiger partial charge is 0.113 e. The maximum atomic E-state index is 6.38. The minimum atomic E-state index is -0.0990. The molecule has 0 saturated heterocycles. The molecule has 2 nitrogen and oxygen atoms in total. The first-order valence-electron chi connectivity index (χ1n) is 6.12. The molecular formula is C13H14N2S2. The van der Waals surface area contributed by atoms with Crippen molar-refractivity contribution in [2.75, 3.05) is 0 Å². The highest BCUT2D eigenvalue weighted by atomic mass is 32.1. The number of aryl methyl sites for hydroxylation is 2. The van der Waals surface area contributed by atoms with Crippen LogP contribution in [-0.2, 0) is 18.4 Å². The van der Waals surface area contributed by atoms with Crippen LogP contribution in [0.25, 0.3) is 11.3 Å². The van der Waals surface area contributed by atoms with Gasteiger partial charge in [-0.25, -0.2) is 4.98 Å². The van der Waals surface area contributed by atoms with E-state index in [0.717, 1.165) is 19.3 Å². The molecule has 2 aliphatic carbocycles. The number of nitrogens with zero attached hydrogens (tertiary/aromatic N) is 1. The van der Waals surface area contributed by atoms with Gasteiger partial charge in [-0.3, -0.25) is 0 Å². The van der Waals surface area contributed by atoms with Crippen LogP contribution in [0, 0.1) is 0 Å². The molecule has 0 aromatic carbocycles. The summed E-state index contributed by atoms with van der Waals surface area (Å²) in [6.45, 7) is 0. The largest absolute Gasteiger partial charge is 0.319 e. The maximum absolute atomic E-state index is 6.38. The van der Waals surface area contributed by atoms with Crippen molar-refractivity contribution in [3.05, 3.63) is 26.2 Å². The third-order valence-electron chi connectivity index (χ3n) is 3.95. The average molecular weight is 262 g/mol. The molecule has 4 heteroatoms. The van der Waals surface area contributed by atoms with E-state index in [0.29, 0.717) is 0 Å². The van der Waals surface area contributed by atoms with E-state index in [1.54, 1.807) is 0 Å². The van der Waals surface area contributed by atoms with Crippen LogP contribution in [0.3, 0.4) is 0 Å². The number of aromatic nitrogens is 1. The summed E-state index contributed by atoms with van der Waals surface area (Å²) >= 11 is 3.71. The van der Waals surface area contributed by atoms with Crippen LogP contribution in [0.1, 0.15) is 34.0 Å². The first kappa shape index (κ1) is 10.2. The molecule has 0 unspecified atom stereocenters. The molecule has 2 heterocycles. The molecule has 4 rings (SSSR count). The fourth-order valence-electron chi connectivity index (χ4n) is 2.69. The molecule has 88 valence electrons. The number of thiazole rings is 1. The van der Waals surface area contributed by atoms with Gasteiger partial charge >= 0.3 is 0 Å². The van der Waals surface area contributed by atoms with Gasteiger partial charge in [0.1, 0.15) is 5.01 Å². The average Bonchev–Trinajstić information content (AvgIpc) is 2.90. The molecule has 0 aliphatic heterocycles. The summed E-state index contributed by atoms with van der Waals surface area (Å²) in [5.41, 5.74) is 8.87. The molecule has 0 bridgehead atoms. The topological polar surface area (TPSA) is 38.9 Å². The maximum Gasteiger partial charge on any atom is 0.113 e. The lowest BCUT2D eigenvalue weighted by Crippen LogP contribution is -2.43. The van der Waals surface area contributed by atoms with Crippen molar-refractivity contribution in [1.29, 1.82) is 0 Å². The Morgan fingerprint density at radius 1 is 1.24 bits per heavy atom. The zero-order valence-electron chi connectivity index (χ0n) is 9.53. The molecule has 1 saturated carbocycles. The third-order valence-corrected chi connectivity index (χ3v) is 6.26. The summed E-state index contributed by atoms with van der Waals surface area (Å²) in [6.07, 6.45) is 5.80. The lowest BCUT2D eigenvalue weighted by atomic mass is 9.78. The molecule has 2 aliphatic rings. The summed E-state index contributed by atoms with van der Waals surface area (Å²) in [5, 5.41) is 3.35. The van der Waals surface area contributed by atoms with Gasteiger partial charge in [-0.15, -0.1) is 22.7 Å². The summed E-state index contributed by atoms with van der Waals surface area (Å²) < 4.78 is 0. The molecule has 0 atom stereocenters. The Morgan fingerprint density at radius 3 is 2.82 bits per heavy atom. The van der Waals surface area contributed by atoms with Crippen molar-refractivity contribution in [1.82, 2.24) is 4.98 Å². The van der Waals surface area contributed by atoms with Gasteiger partial charge in [0.05, 0.1) is 11.2 Å². The van der Waals surface area contributed by atoms with Crippen LogP contribution >= 0.6 is 22.7 Å². The van der Waals surface area contributed by atoms with Gasteiger partial charge in [-0.05, 0) is 43.6 Å². The van der Waals surface area contributed by atoms with Crippen LogP contribution in [0.4, 0.5) is 0 Å². The van der Waals surface area contributed by atoms with E-state index in [9.17, 15) is 0 Å². The van der Waals surface area contributed by atoms with Gasteiger partial charge in [-0.2, -0.15) is 0 Å². The summed E-state index contributed by atoms with van der Waals surface area (Å²) in [7, 11) is 0. The highest BCUT2D eigenvalue weighted by Gasteiger charge is 2.38. The zero-order valence-corrected chi connectivity index (χ0v) is 11.2. The molecule has 2 aromatic heterocycles. The molecule has 2 N–H and O–H groups in total. The summed E-state index contributed by atoms with van der Waals surface area (Å²) in [6, 6.07) is 2.21.